The molecule has 4 aromatic rings. The SMILES string of the molecule is C[C@]1(c2ccccc2)C=C(c2ccc(Br)cc2)C1.C[C@]1(c2ccccc2)C=C(c2ccc(Br)cc2)C1. The molecular weight excluding hydrogens is 568 g/mol. The third-order valence-electron chi connectivity index (χ3n) is 7.40. The van der Waals surface area contributed by atoms with E-state index in [4.69, 9.17) is 0 Å². The Kier molecular flexibility index (Phi) is 7.19. The van der Waals surface area contributed by atoms with Crippen LogP contribution in [0.5, 0.6) is 0 Å². The van der Waals surface area contributed by atoms with Gasteiger partial charge in [-0.05, 0) is 70.5 Å². The summed E-state index contributed by atoms with van der Waals surface area (Å²) in [4.78, 5) is 0. The maximum Gasteiger partial charge on any atom is 0.0175 e. The lowest BCUT2D eigenvalue weighted by molar-refractivity contribution is 0.570. The van der Waals surface area contributed by atoms with Crippen molar-refractivity contribution in [2.75, 3.05) is 0 Å². The minimum atomic E-state index is 0.212. The molecule has 6 rings (SSSR count). The molecule has 0 radical (unpaired) electrons. The largest absolute Gasteiger partial charge is 0.0700 e. The molecule has 0 aromatic heterocycles. The normalized spacial score (nSPS) is 22.2. The van der Waals surface area contributed by atoms with Crippen LogP contribution in [-0.2, 0) is 10.8 Å². The Hall–Kier alpha value is -2.68. The van der Waals surface area contributed by atoms with Crippen LogP contribution in [0.2, 0.25) is 0 Å². The quantitative estimate of drug-likeness (QED) is 0.219. The Balaban J connectivity index is 0.000000148. The summed E-state index contributed by atoms with van der Waals surface area (Å²) in [5.74, 6) is 0. The molecular formula is C34H30Br2. The lowest BCUT2D eigenvalue weighted by Crippen LogP contribution is -2.27. The number of hydrogen-bond acceptors (Lipinski definition) is 0. The van der Waals surface area contributed by atoms with E-state index in [9.17, 15) is 0 Å². The average molecular weight is 598 g/mol. The van der Waals surface area contributed by atoms with Crippen molar-refractivity contribution in [1.29, 1.82) is 0 Å². The summed E-state index contributed by atoms with van der Waals surface area (Å²) in [7, 11) is 0. The Morgan fingerprint density at radius 2 is 0.778 bits per heavy atom. The molecule has 4 aromatic carbocycles. The highest BCUT2D eigenvalue weighted by atomic mass is 79.9. The minimum Gasteiger partial charge on any atom is -0.0700 e. The first-order valence-electron chi connectivity index (χ1n) is 12.4. The van der Waals surface area contributed by atoms with Gasteiger partial charge in [0.05, 0.1) is 0 Å². The Morgan fingerprint density at radius 1 is 0.472 bits per heavy atom. The van der Waals surface area contributed by atoms with Gasteiger partial charge in [0, 0.05) is 19.8 Å². The Morgan fingerprint density at radius 3 is 1.08 bits per heavy atom. The number of allylic oxidation sites excluding steroid dienone is 4. The van der Waals surface area contributed by atoms with Gasteiger partial charge >= 0.3 is 0 Å². The first-order valence-corrected chi connectivity index (χ1v) is 14.0. The van der Waals surface area contributed by atoms with Crippen molar-refractivity contribution in [1.82, 2.24) is 0 Å². The molecule has 180 valence electrons. The van der Waals surface area contributed by atoms with Crippen LogP contribution in [0.15, 0.2) is 130 Å². The number of benzene rings is 4. The molecule has 0 saturated heterocycles. The van der Waals surface area contributed by atoms with E-state index >= 15 is 0 Å². The summed E-state index contributed by atoms with van der Waals surface area (Å²) in [6.07, 6.45) is 7.04. The third-order valence-corrected chi connectivity index (χ3v) is 8.45. The summed E-state index contributed by atoms with van der Waals surface area (Å²) in [5.41, 5.74) is 8.82. The van der Waals surface area contributed by atoms with E-state index in [2.05, 4.69) is 167 Å². The van der Waals surface area contributed by atoms with Gasteiger partial charge in [-0.3, -0.25) is 0 Å². The molecule has 0 bridgehead atoms. The molecule has 0 saturated carbocycles. The molecule has 0 unspecified atom stereocenters. The minimum absolute atomic E-state index is 0.212. The first kappa shape index (κ1) is 25.0. The van der Waals surface area contributed by atoms with E-state index in [1.165, 1.54) is 33.4 Å². The second-order valence-corrected chi connectivity index (χ2v) is 12.1. The molecule has 0 fully saturated rings. The van der Waals surface area contributed by atoms with Gasteiger partial charge in [-0.25, -0.2) is 0 Å². The highest BCUT2D eigenvalue weighted by Gasteiger charge is 2.34. The maximum atomic E-state index is 3.47. The molecule has 0 amide bonds. The number of rotatable bonds is 4. The van der Waals surface area contributed by atoms with Crippen molar-refractivity contribution in [3.05, 3.63) is 153 Å². The molecule has 2 aliphatic carbocycles. The highest BCUT2D eigenvalue weighted by molar-refractivity contribution is 9.10. The lowest BCUT2D eigenvalue weighted by Gasteiger charge is -2.37. The fourth-order valence-electron chi connectivity index (χ4n) is 5.21. The van der Waals surface area contributed by atoms with Gasteiger partial charge in [0.1, 0.15) is 0 Å². The van der Waals surface area contributed by atoms with Gasteiger partial charge in [0.25, 0.3) is 0 Å². The van der Waals surface area contributed by atoms with Gasteiger partial charge in [-0.15, -0.1) is 0 Å². The van der Waals surface area contributed by atoms with Crippen LogP contribution in [-0.4, -0.2) is 0 Å². The lowest BCUT2D eigenvalue weighted by atomic mass is 9.66. The van der Waals surface area contributed by atoms with Crippen molar-refractivity contribution >= 4 is 43.0 Å². The molecule has 36 heavy (non-hydrogen) atoms. The van der Waals surface area contributed by atoms with Crippen molar-refractivity contribution in [3.8, 4) is 0 Å². The molecule has 0 spiro atoms. The third kappa shape index (κ3) is 5.36. The van der Waals surface area contributed by atoms with Crippen LogP contribution in [0.25, 0.3) is 11.1 Å². The van der Waals surface area contributed by atoms with Gasteiger partial charge in [-0.1, -0.05) is 143 Å². The zero-order chi connectivity index (χ0) is 25.2. The summed E-state index contributed by atoms with van der Waals surface area (Å²) >= 11 is 6.95. The van der Waals surface area contributed by atoms with Gasteiger partial charge in [0.2, 0.25) is 0 Å². The van der Waals surface area contributed by atoms with Crippen molar-refractivity contribution < 1.29 is 0 Å². The van der Waals surface area contributed by atoms with Crippen LogP contribution >= 0.6 is 31.9 Å². The zero-order valence-corrected chi connectivity index (χ0v) is 23.9. The van der Waals surface area contributed by atoms with Crippen LogP contribution in [0.3, 0.4) is 0 Å². The van der Waals surface area contributed by atoms with Crippen LogP contribution in [0.1, 0.15) is 48.9 Å². The molecule has 2 aliphatic rings. The van der Waals surface area contributed by atoms with Gasteiger partial charge < -0.3 is 0 Å². The van der Waals surface area contributed by atoms with E-state index in [0.29, 0.717) is 0 Å². The Bertz CT molecular complexity index is 1270. The average Bonchev–Trinajstić information content (AvgIpc) is 2.88. The van der Waals surface area contributed by atoms with Crippen molar-refractivity contribution in [2.45, 2.75) is 37.5 Å². The van der Waals surface area contributed by atoms with Crippen molar-refractivity contribution in [3.63, 3.8) is 0 Å². The van der Waals surface area contributed by atoms with E-state index < -0.39 is 0 Å². The summed E-state index contributed by atoms with van der Waals surface area (Å²) in [6, 6.07) is 38.6. The number of hydrogen-bond donors (Lipinski definition) is 0. The molecule has 2 atom stereocenters. The van der Waals surface area contributed by atoms with Gasteiger partial charge in [-0.2, -0.15) is 0 Å². The predicted molar refractivity (Wildman–Crippen MR) is 161 cm³/mol. The first-order chi connectivity index (χ1) is 17.3. The standard InChI is InChI=1S/2C17H15Br/c2*1-17(15-5-3-2-4-6-15)11-14(12-17)13-7-9-16(18)10-8-13/h2*2-11H,12H2,1H3/t2*17-/m00/s1. The fourth-order valence-corrected chi connectivity index (χ4v) is 5.74. The second kappa shape index (κ2) is 10.4. The van der Waals surface area contributed by atoms with Crippen LogP contribution in [0.4, 0.5) is 0 Å². The fraction of sp³-hybridized carbons (Fsp3) is 0.176. The van der Waals surface area contributed by atoms with E-state index in [1.807, 2.05) is 0 Å². The smallest absolute Gasteiger partial charge is 0.0175 e. The highest BCUT2D eigenvalue weighted by Crippen LogP contribution is 2.47. The molecule has 0 nitrogen and oxygen atoms in total. The second-order valence-electron chi connectivity index (χ2n) is 10.3. The summed E-state index contributed by atoms with van der Waals surface area (Å²) in [5, 5.41) is 0. The molecule has 2 heteroatoms. The summed E-state index contributed by atoms with van der Waals surface area (Å²) in [6.45, 7) is 4.62. The predicted octanol–water partition coefficient (Wildman–Crippen LogP) is 10.4. The molecule has 0 heterocycles. The van der Waals surface area contributed by atoms with Crippen LogP contribution < -0.4 is 0 Å². The topological polar surface area (TPSA) is 0 Å². The monoisotopic (exact) mass is 596 g/mol. The van der Waals surface area contributed by atoms with E-state index in [-0.39, 0.29) is 10.8 Å². The molecule has 0 N–H and O–H groups in total. The Labute approximate surface area is 232 Å². The zero-order valence-electron chi connectivity index (χ0n) is 20.7. The van der Waals surface area contributed by atoms with Gasteiger partial charge in [0.15, 0.2) is 0 Å². The van der Waals surface area contributed by atoms with Crippen LogP contribution in [0, 0.1) is 0 Å². The number of halogens is 2. The maximum absolute atomic E-state index is 3.47. The van der Waals surface area contributed by atoms with E-state index in [1.54, 1.807) is 0 Å². The summed E-state index contributed by atoms with van der Waals surface area (Å²) < 4.78 is 2.27. The molecule has 0 aliphatic heterocycles. The van der Waals surface area contributed by atoms with Crippen molar-refractivity contribution in [2.24, 2.45) is 0 Å². The van der Waals surface area contributed by atoms with E-state index in [0.717, 1.165) is 21.8 Å².